The van der Waals surface area contributed by atoms with Gasteiger partial charge < -0.3 is 10.6 Å². The van der Waals surface area contributed by atoms with E-state index in [0.29, 0.717) is 23.9 Å². The molecular formula is C24H24N4O3S. The van der Waals surface area contributed by atoms with Gasteiger partial charge in [0.25, 0.3) is 0 Å². The van der Waals surface area contributed by atoms with E-state index < -0.39 is 15.9 Å². The first-order chi connectivity index (χ1) is 15.3. The maximum atomic E-state index is 12.6. The van der Waals surface area contributed by atoms with Gasteiger partial charge in [0, 0.05) is 18.7 Å². The molecule has 2 bridgehead atoms. The quantitative estimate of drug-likeness (QED) is 0.699. The lowest BCUT2D eigenvalue weighted by Crippen LogP contribution is -2.50. The normalized spacial score (nSPS) is 22.7. The first-order valence-corrected chi connectivity index (χ1v) is 12.5. The van der Waals surface area contributed by atoms with E-state index in [2.05, 4.69) is 16.7 Å². The summed E-state index contributed by atoms with van der Waals surface area (Å²) >= 11 is 0. The molecule has 4 rings (SSSR count). The van der Waals surface area contributed by atoms with E-state index in [0.717, 1.165) is 36.6 Å². The molecule has 0 aromatic heterocycles. The van der Waals surface area contributed by atoms with Crippen LogP contribution in [-0.2, 0) is 21.1 Å². The number of carbonyl (C=O) groups excluding carboxylic acids is 1. The molecular weight excluding hydrogens is 424 g/mol. The molecule has 2 fully saturated rings. The first kappa shape index (κ1) is 22.0. The van der Waals surface area contributed by atoms with Gasteiger partial charge in [-0.3, -0.25) is 4.79 Å². The van der Waals surface area contributed by atoms with Crippen LogP contribution in [-0.4, -0.2) is 38.7 Å². The summed E-state index contributed by atoms with van der Waals surface area (Å²) in [4.78, 5) is 12.6. The minimum absolute atomic E-state index is 0.00283. The fourth-order valence-electron chi connectivity index (χ4n) is 4.71. The third-order valence-corrected chi connectivity index (χ3v) is 7.48. The van der Waals surface area contributed by atoms with Crippen molar-refractivity contribution in [2.45, 2.75) is 48.7 Å². The van der Waals surface area contributed by atoms with E-state index in [4.69, 9.17) is 0 Å². The van der Waals surface area contributed by atoms with E-state index in [1.165, 1.54) is 12.1 Å². The number of nitriles is 2. The van der Waals surface area contributed by atoms with Crippen molar-refractivity contribution in [1.29, 1.82) is 10.5 Å². The molecule has 2 N–H and O–H groups in total. The summed E-state index contributed by atoms with van der Waals surface area (Å²) in [6.07, 6.45) is 4.68. The average Bonchev–Trinajstić information content (AvgIpc) is 3.42. The molecule has 2 aromatic carbocycles. The zero-order chi connectivity index (χ0) is 22.9. The molecule has 2 aromatic rings. The number of sulfone groups is 1. The highest BCUT2D eigenvalue weighted by molar-refractivity contribution is 7.90. The van der Waals surface area contributed by atoms with E-state index in [1.807, 2.05) is 30.3 Å². The summed E-state index contributed by atoms with van der Waals surface area (Å²) in [5.74, 6) is 0.258. The van der Waals surface area contributed by atoms with Gasteiger partial charge in [-0.1, -0.05) is 30.3 Å². The van der Waals surface area contributed by atoms with Crippen LogP contribution in [0.2, 0.25) is 0 Å². The van der Waals surface area contributed by atoms with Crippen molar-refractivity contribution in [3.05, 3.63) is 53.6 Å². The lowest BCUT2D eigenvalue weighted by molar-refractivity contribution is -0.124. The van der Waals surface area contributed by atoms with E-state index >= 15 is 0 Å². The van der Waals surface area contributed by atoms with Gasteiger partial charge in [-0.15, -0.1) is 0 Å². The Labute approximate surface area is 188 Å². The van der Waals surface area contributed by atoms with E-state index in [1.54, 1.807) is 6.07 Å². The molecule has 1 aliphatic heterocycles. The van der Waals surface area contributed by atoms with Gasteiger partial charge in [0.2, 0.25) is 5.91 Å². The van der Waals surface area contributed by atoms with Gasteiger partial charge in [-0.25, -0.2) is 8.42 Å². The standard InChI is InChI=1S/C24H24N4O3S/c1-32(30,31)22-12-17(6-7-19(22)13-25)16-4-2-15(3-5-16)10-21(14-26)28-24(29)23-18-8-9-20(11-18)27-23/h2-7,12,18,20-21,23,27H,8-11H2,1H3,(H,28,29)/t18-,20+,21-,23-/m0/s1. The van der Waals surface area contributed by atoms with Crippen LogP contribution >= 0.6 is 0 Å². The number of fused-ring (bicyclic) bond motifs is 2. The van der Waals surface area contributed by atoms with Crippen molar-refractivity contribution < 1.29 is 13.2 Å². The zero-order valence-electron chi connectivity index (χ0n) is 17.7. The molecule has 7 nitrogen and oxygen atoms in total. The molecule has 1 aliphatic carbocycles. The second-order valence-electron chi connectivity index (χ2n) is 8.60. The Hall–Kier alpha value is -3.20. The molecule has 1 amide bonds. The van der Waals surface area contributed by atoms with Crippen LogP contribution in [0.1, 0.15) is 30.4 Å². The van der Waals surface area contributed by atoms with Crippen LogP contribution in [0, 0.1) is 28.6 Å². The summed E-state index contributed by atoms with van der Waals surface area (Å²) < 4.78 is 24.0. The highest BCUT2D eigenvalue weighted by Gasteiger charge is 2.43. The Morgan fingerprint density at radius 2 is 1.88 bits per heavy atom. The van der Waals surface area contributed by atoms with Crippen LogP contribution < -0.4 is 10.6 Å². The molecule has 0 spiro atoms. The van der Waals surface area contributed by atoms with Crippen LogP contribution in [0.3, 0.4) is 0 Å². The number of rotatable bonds is 6. The van der Waals surface area contributed by atoms with Crippen LogP contribution in [0.25, 0.3) is 11.1 Å². The lowest BCUT2D eigenvalue weighted by Gasteiger charge is -2.23. The van der Waals surface area contributed by atoms with Gasteiger partial charge in [0.05, 0.1) is 22.6 Å². The number of hydrogen-bond donors (Lipinski definition) is 2. The van der Waals surface area contributed by atoms with Gasteiger partial charge >= 0.3 is 0 Å². The number of nitrogens with one attached hydrogen (secondary N) is 2. The maximum Gasteiger partial charge on any atom is 0.238 e. The molecule has 1 heterocycles. The second kappa shape index (κ2) is 8.74. The summed E-state index contributed by atoms with van der Waals surface area (Å²) in [6, 6.07) is 15.8. The van der Waals surface area contributed by atoms with Crippen molar-refractivity contribution in [2.75, 3.05) is 6.26 Å². The summed E-state index contributed by atoms with van der Waals surface area (Å²) in [7, 11) is -3.53. The minimum atomic E-state index is -3.53. The molecule has 32 heavy (non-hydrogen) atoms. The maximum absolute atomic E-state index is 12.6. The summed E-state index contributed by atoms with van der Waals surface area (Å²) in [5, 5.41) is 24.9. The molecule has 4 atom stereocenters. The Balaban J connectivity index is 1.45. The Morgan fingerprint density at radius 1 is 1.16 bits per heavy atom. The summed E-state index contributed by atoms with van der Waals surface area (Å²) in [6.45, 7) is 0. The van der Waals surface area contributed by atoms with Gasteiger partial charge in [0.15, 0.2) is 9.84 Å². The zero-order valence-corrected chi connectivity index (χ0v) is 18.5. The van der Waals surface area contributed by atoms with Gasteiger partial charge in [-0.05, 0) is 54.0 Å². The van der Waals surface area contributed by atoms with Crippen LogP contribution in [0.4, 0.5) is 0 Å². The average molecular weight is 449 g/mol. The number of benzene rings is 2. The second-order valence-corrected chi connectivity index (χ2v) is 10.6. The number of piperidine rings is 1. The van der Waals surface area contributed by atoms with Crippen molar-refractivity contribution in [1.82, 2.24) is 10.6 Å². The SMILES string of the molecule is CS(=O)(=O)c1cc(-c2ccc(C[C@@H](C#N)NC(=O)[C@H]3N[C@@H]4CC[C@H]3C4)cc2)ccc1C#N. The fraction of sp³-hybridized carbons (Fsp3) is 0.375. The highest BCUT2D eigenvalue weighted by Crippen LogP contribution is 2.35. The molecule has 164 valence electrons. The third kappa shape index (κ3) is 4.52. The smallest absolute Gasteiger partial charge is 0.238 e. The molecule has 2 aliphatic rings. The van der Waals surface area contributed by atoms with E-state index in [9.17, 15) is 23.7 Å². The lowest BCUT2D eigenvalue weighted by atomic mass is 9.98. The number of nitrogens with zero attached hydrogens (tertiary/aromatic N) is 2. The van der Waals surface area contributed by atoms with Crippen molar-refractivity contribution in [2.24, 2.45) is 5.92 Å². The van der Waals surface area contributed by atoms with Crippen LogP contribution in [0.5, 0.6) is 0 Å². The predicted molar refractivity (Wildman–Crippen MR) is 119 cm³/mol. The van der Waals surface area contributed by atoms with Gasteiger partial charge in [-0.2, -0.15) is 10.5 Å². The van der Waals surface area contributed by atoms with Gasteiger partial charge in [0.1, 0.15) is 12.1 Å². The van der Waals surface area contributed by atoms with Crippen molar-refractivity contribution in [3.63, 3.8) is 0 Å². The fourth-order valence-corrected chi connectivity index (χ4v) is 5.56. The molecule has 1 saturated heterocycles. The molecule has 0 radical (unpaired) electrons. The largest absolute Gasteiger partial charge is 0.339 e. The minimum Gasteiger partial charge on any atom is -0.339 e. The summed E-state index contributed by atoms with van der Waals surface area (Å²) in [5.41, 5.74) is 2.49. The number of hydrogen-bond acceptors (Lipinski definition) is 6. The topological polar surface area (TPSA) is 123 Å². The Bertz CT molecular complexity index is 1230. The number of amides is 1. The third-order valence-electron chi connectivity index (χ3n) is 6.34. The highest BCUT2D eigenvalue weighted by atomic mass is 32.2. The predicted octanol–water partition coefficient (Wildman–Crippen LogP) is 2.32. The number of carbonyl (C=O) groups is 1. The Kier molecular flexibility index (Phi) is 6.01. The monoisotopic (exact) mass is 448 g/mol. The molecule has 8 heteroatoms. The Morgan fingerprint density at radius 3 is 2.44 bits per heavy atom. The molecule has 1 saturated carbocycles. The van der Waals surface area contributed by atoms with Crippen molar-refractivity contribution in [3.8, 4) is 23.3 Å². The van der Waals surface area contributed by atoms with Crippen molar-refractivity contribution >= 4 is 15.7 Å². The molecule has 0 unspecified atom stereocenters. The van der Waals surface area contributed by atoms with E-state index in [-0.39, 0.29) is 22.4 Å². The van der Waals surface area contributed by atoms with Crippen LogP contribution in [0.15, 0.2) is 47.4 Å². The first-order valence-electron chi connectivity index (χ1n) is 10.6.